The number of esters is 1. The number of carbonyl (C=O) groups is 2. The Morgan fingerprint density at radius 2 is 1.75 bits per heavy atom. The fourth-order valence-corrected chi connectivity index (χ4v) is 5.23. The molecule has 3 aromatic rings. The SMILES string of the molecule is COC(=O)C12CC(NC(=O)c3cccc4ccn(Cc5ccc(C(F)(F)F)cc5)c34)(C1)C2. The smallest absolute Gasteiger partial charge is 0.416 e. The first-order valence-corrected chi connectivity index (χ1v) is 10.3. The van der Waals surface area contributed by atoms with Crippen LogP contribution in [0.25, 0.3) is 10.9 Å². The van der Waals surface area contributed by atoms with Gasteiger partial charge in [-0.1, -0.05) is 24.3 Å². The van der Waals surface area contributed by atoms with Gasteiger partial charge in [0.25, 0.3) is 5.91 Å². The van der Waals surface area contributed by atoms with Gasteiger partial charge in [-0.2, -0.15) is 13.2 Å². The van der Waals surface area contributed by atoms with Gasteiger partial charge in [0, 0.05) is 23.7 Å². The summed E-state index contributed by atoms with van der Waals surface area (Å²) in [5.41, 5.74) is 0.414. The van der Waals surface area contributed by atoms with Crippen LogP contribution < -0.4 is 5.32 Å². The monoisotopic (exact) mass is 442 g/mol. The highest BCUT2D eigenvalue weighted by Gasteiger charge is 2.73. The molecule has 2 aromatic carbocycles. The average Bonchev–Trinajstić information content (AvgIpc) is 3.11. The molecule has 1 N–H and O–H groups in total. The summed E-state index contributed by atoms with van der Waals surface area (Å²) in [4.78, 5) is 25.0. The molecule has 1 aromatic heterocycles. The van der Waals surface area contributed by atoms with Crippen molar-refractivity contribution >= 4 is 22.8 Å². The summed E-state index contributed by atoms with van der Waals surface area (Å²) in [5.74, 6) is -0.442. The van der Waals surface area contributed by atoms with Gasteiger partial charge < -0.3 is 14.6 Å². The molecule has 5 nitrogen and oxygen atoms in total. The number of carbonyl (C=O) groups excluding carboxylic acids is 2. The van der Waals surface area contributed by atoms with Crippen molar-refractivity contribution in [2.24, 2.45) is 5.41 Å². The van der Waals surface area contributed by atoms with Crippen molar-refractivity contribution in [3.8, 4) is 0 Å². The van der Waals surface area contributed by atoms with Crippen molar-refractivity contribution in [3.63, 3.8) is 0 Å². The summed E-state index contributed by atoms with van der Waals surface area (Å²) >= 11 is 0. The molecule has 0 spiro atoms. The van der Waals surface area contributed by atoms with E-state index in [1.165, 1.54) is 19.2 Å². The molecule has 8 heteroatoms. The number of nitrogens with zero attached hydrogens (tertiary/aromatic N) is 1. The van der Waals surface area contributed by atoms with Crippen LogP contribution in [0.5, 0.6) is 0 Å². The van der Waals surface area contributed by atoms with Crippen molar-refractivity contribution in [2.45, 2.75) is 37.5 Å². The lowest BCUT2D eigenvalue weighted by Gasteiger charge is -2.68. The highest BCUT2D eigenvalue weighted by Crippen LogP contribution is 2.67. The maximum absolute atomic E-state index is 13.1. The van der Waals surface area contributed by atoms with Gasteiger partial charge in [-0.05, 0) is 49.1 Å². The maximum Gasteiger partial charge on any atom is 0.416 e. The molecule has 2 bridgehead atoms. The van der Waals surface area contributed by atoms with Gasteiger partial charge in [-0.3, -0.25) is 9.59 Å². The minimum atomic E-state index is -4.38. The average molecular weight is 442 g/mol. The Morgan fingerprint density at radius 1 is 1.06 bits per heavy atom. The van der Waals surface area contributed by atoms with Crippen molar-refractivity contribution in [2.75, 3.05) is 7.11 Å². The second-order valence-corrected chi connectivity index (χ2v) is 8.92. The quantitative estimate of drug-likeness (QED) is 0.591. The molecule has 3 fully saturated rings. The van der Waals surface area contributed by atoms with Gasteiger partial charge in [-0.25, -0.2) is 0 Å². The van der Waals surface area contributed by atoms with Crippen molar-refractivity contribution in [1.29, 1.82) is 0 Å². The molecule has 0 aliphatic heterocycles. The standard InChI is InChI=1S/C24H21F3N2O3/c1-32-21(31)22-12-23(13-22,14-22)28-20(30)18-4-2-3-16-9-10-29(19(16)18)11-15-5-7-17(8-6-15)24(25,26)27/h2-10H,11-14H2,1H3,(H,28,30). The van der Waals surface area contributed by atoms with E-state index in [9.17, 15) is 22.8 Å². The third kappa shape index (κ3) is 3.16. The summed E-state index contributed by atoms with van der Waals surface area (Å²) in [6, 6.07) is 12.3. The van der Waals surface area contributed by atoms with Crippen LogP contribution in [0.15, 0.2) is 54.7 Å². The highest BCUT2D eigenvalue weighted by molar-refractivity contribution is 6.06. The lowest BCUT2D eigenvalue weighted by Crippen LogP contribution is -2.77. The number of halogens is 3. The molecule has 1 heterocycles. The number of hydrogen-bond donors (Lipinski definition) is 1. The topological polar surface area (TPSA) is 60.3 Å². The molecular formula is C24H21F3N2O3. The number of benzene rings is 2. The van der Waals surface area contributed by atoms with Gasteiger partial charge in [0.2, 0.25) is 0 Å². The summed E-state index contributed by atoms with van der Waals surface area (Å²) in [6.07, 6.45) is -0.799. The molecule has 0 saturated heterocycles. The minimum absolute atomic E-state index is 0.221. The Labute approximate surface area is 182 Å². The van der Waals surface area contributed by atoms with E-state index in [2.05, 4.69) is 5.32 Å². The van der Waals surface area contributed by atoms with Gasteiger partial charge in [0.1, 0.15) is 0 Å². The van der Waals surface area contributed by atoms with E-state index in [1.54, 1.807) is 12.1 Å². The molecule has 166 valence electrons. The Kier molecular flexibility index (Phi) is 4.41. The van der Waals surface area contributed by atoms with E-state index in [0.717, 1.165) is 23.0 Å². The van der Waals surface area contributed by atoms with Crippen LogP contribution in [0.1, 0.15) is 40.7 Å². The Balaban J connectivity index is 1.37. The molecule has 3 aliphatic carbocycles. The van der Waals surface area contributed by atoms with Gasteiger partial charge in [-0.15, -0.1) is 0 Å². The first kappa shape index (κ1) is 20.6. The van der Waals surface area contributed by atoms with Gasteiger partial charge in [0.15, 0.2) is 0 Å². The zero-order chi connectivity index (χ0) is 22.7. The number of hydrogen-bond acceptors (Lipinski definition) is 3. The fraction of sp³-hybridized carbons (Fsp3) is 0.333. The summed E-state index contributed by atoms with van der Waals surface area (Å²) in [5, 5.41) is 3.96. The summed E-state index contributed by atoms with van der Waals surface area (Å²) in [7, 11) is 1.37. The van der Waals surface area contributed by atoms with Gasteiger partial charge >= 0.3 is 12.1 Å². The van der Waals surface area contributed by atoms with E-state index in [1.807, 2.05) is 22.9 Å². The fourth-order valence-electron chi connectivity index (χ4n) is 5.23. The molecule has 6 rings (SSSR count). The summed E-state index contributed by atoms with van der Waals surface area (Å²) < 4.78 is 45.2. The minimum Gasteiger partial charge on any atom is -0.469 e. The Bertz CT molecular complexity index is 1210. The third-order valence-electron chi connectivity index (χ3n) is 6.69. The zero-order valence-corrected chi connectivity index (χ0v) is 17.3. The van der Waals surface area contributed by atoms with Crippen LogP contribution in [0.3, 0.4) is 0 Å². The van der Waals surface area contributed by atoms with Crippen LogP contribution in [0.2, 0.25) is 0 Å². The number of nitrogens with one attached hydrogen (secondary N) is 1. The van der Waals surface area contributed by atoms with Crippen LogP contribution in [-0.4, -0.2) is 29.1 Å². The number of ether oxygens (including phenoxy) is 1. The molecule has 0 unspecified atom stereocenters. The number of fused-ring (bicyclic) bond motifs is 1. The van der Waals surface area contributed by atoms with Gasteiger partial charge in [0.05, 0.1) is 29.2 Å². The van der Waals surface area contributed by atoms with Crippen LogP contribution >= 0.6 is 0 Å². The molecule has 0 atom stereocenters. The van der Waals surface area contributed by atoms with E-state index < -0.39 is 17.2 Å². The number of amides is 1. The van der Waals surface area contributed by atoms with Crippen LogP contribution in [0.4, 0.5) is 13.2 Å². The normalized spacial score (nSPS) is 23.9. The van der Waals surface area contributed by atoms with E-state index in [4.69, 9.17) is 4.74 Å². The number of alkyl halides is 3. The Hall–Kier alpha value is -3.29. The predicted molar refractivity (Wildman–Crippen MR) is 111 cm³/mol. The second-order valence-electron chi connectivity index (χ2n) is 8.92. The summed E-state index contributed by atoms with van der Waals surface area (Å²) in [6.45, 7) is 0.336. The first-order chi connectivity index (χ1) is 15.1. The maximum atomic E-state index is 13.1. The molecule has 32 heavy (non-hydrogen) atoms. The number of aromatic nitrogens is 1. The Morgan fingerprint density at radius 3 is 2.38 bits per heavy atom. The largest absolute Gasteiger partial charge is 0.469 e. The van der Waals surface area contributed by atoms with Crippen molar-refractivity contribution in [1.82, 2.24) is 9.88 Å². The zero-order valence-electron chi connectivity index (χ0n) is 17.3. The third-order valence-corrected chi connectivity index (χ3v) is 6.69. The van der Waals surface area contributed by atoms with E-state index >= 15 is 0 Å². The number of para-hydroxylation sites is 1. The van der Waals surface area contributed by atoms with Crippen molar-refractivity contribution in [3.05, 3.63) is 71.4 Å². The molecule has 3 aliphatic rings. The lowest BCUT2D eigenvalue weighted by atomic mass is 9.39. The molecular weight excluding hydrogens is 421 g/mol. The lowest BCUT2D eigenvalue weighted by molar-refractivity contribution is -0.199. The molecule has 3 saturated carbocycles. The molecule has 1 amide bonds. The number of methoxy groups -OCH3 is 1. The molecule has 0 radical (unpaired) electrons. The van der Waals surface area contributed by atoms with Crippen LogP contribution in [-0.2, 0) is 22.3 Å². The highest BCUT2D eigenvalue weighted by atomic mass is 19.4. The second kappa shape index (κ2) is 6.85. The first-order valence-electron chi connectivity index (χ1n) is 10.3. The van der Waals surface area contributed by atoms with E-state index in [0.29, 0.717) is 36.9 Å². The predicted octanol–water partition coefficient (Wildman–Crippen LogP) is 4.53. The van der Waals surface area contributed by atoms with E-state index in [-0.39, 0.29) is 17.4 Å². The van der Waals surface area contributed by atoms with Crippen LogP contribution in [0, 0.1) is 5.41 Å². The van der Waals surface area contributed by atoms with Crippen molar-refractivity contribution < 1.29 is 27.5 Å². The number of rotatable bonds is 5.